The van der Waals surface area contributed by atoms with Crippen LogP contribution in [0.15, 0.2) is 16.6 Å². The lowest BCUT2D eigenvalue weighted by molar-refractivity contribution is 0.102. The van der Waals surface area contributed by atoms with Crippen molar-refractivity contribution in [3.8, 4) is 0 Å². The molecule has 130 valence electrons. The Labute approximate surface area is 158 Å². The predicted molar refractivity (Wildman–Crippen MR) is 112 cm³/mol. The largest absolute Gasteiger partial charge is 0.371 e. The number of Topliss-reactive ketones (excluding diaryl/α,β-unsaturated/α-hetero) is 1. The molecule has 2 rings (SSSR count). The van der Waals surface area contributed by atoms with Gasteiger partial charge in [-0.1, -0.05) is 29.8 Å². The number of rotatable bonds is 5. The Bertz CT molecular complexity index is 575. The fourth-order valence-corrected chi connectivity index (χ4v) is 5.23. The molecule has 0 radical (unpaired) electrons. The number of hydrogen-bond donors (Lipinski definition) is 0. The van der Waals surface area contributed by atoms with Crippen LogP contribution in [0.4, 0.5) is 5.69 Å². The summed E-state index contributed by atoms with van der Waals surface area (Å²) < 4.78 is 1.05. The lowest BCUT2D eigenvalue weighted by Crippen LogP contribution is -2.31. The summed E-state index contributed by atoms with van der Waals surface area (Å²) in [6.07, 6.45) is 7.99. The summed E-state index contributed by atoms with van der Waals surface area (Å²) in [6, 6.07) is 4.30. The molecule has 1 aromatic carbocycles. The van der Waals surface area contributed by atoms with Crippen molar-refractivity contribution in [2.45, 2.75) is 39.0 Å². The minimum absolute atomic E-state index is 0.249. The first-order chi connectivity index (χ1) is 10.7. The minimum atomic E-state index is -1.03. The molecule has 2 nitrogen and oxygen atoms in total. The minimum Gasteiger partial charge on any atom is -0.371 e. The molecule has 0 bridgehead atoms. The van der Waals surface area contributed by atoms with Crippen molar-refractivity contribution >= 4 is 50.7 Å². The quantitative estimate of drug-likeness (QED) is 0.489. The Morgan fingerprint density at radius 2 is 1.83 bits per heavy atom. The van der Waals surface area contributed by atoms with E-state index in [0.29, 0.717) is 11.7 Å². The van der Waals surface area contributed by atoms with Crippen molar-refractivity contribution in [2.24, 2.45) is 0 Å². The highest BCUT2D eigenvalue weighted by Crippen LogP contribution is 2.49. The Kier molecular flexibility index (Phi) is 6.66. The second-order valence-electron chi connectivity index (χ2n) is 7.06. The number of hydrogen-bond acceptors (Lipinski definition) is 2. The monoisotopic (exact) mass is 463 g/mol. The van der Waals surface area contributed by atoms with Crippen LogP contribution < -0.4 is 4.90 Å². The third-order valence-electron chi connectivity index (χ3n) is 4.21. The molecule has 0 aromatic heterocycles. The highest BCUT2D eigenvalue weighted by molar-refractivity contribution is 9.58. The van der Waals surface area contributed by atoms with Crippen molar-refractivity contribution in [3.05, 3.63) is 27.7 Å². The molecule has 1 aliphatic heterocycles. The number of benzene rings is 1. The molecule has 0 atom stereocenters. The van der Waals surface area contributed by atoms with Gasteiger partial charge < -0.3 is 4.90 Å². The molecular formula is C18H27Br2NOS. The maximum atomic E-state index is 12.9. The van der Waals surface area contributed by atoms with E-state index >= 15 is 0 Å². The zero-order valence-corrected chi connectivity index (χ0v) is 18.5. The van der Waals surface area contributed by atoms with E-state index in [2.05, 4.69) is 74.1 Å². The third-order valence-corrected chi connectivity index (χ3v) is 6.53. The molecular weight excluding hydrogens is 438 g/mol. The summed E-state index contributed by atoms with van der Waals surface area (Å²) in [5, 5.41) is 0. The van der Waals surface area contributed by atoms with Crippen LogP contribution in [-0.4, -0.2) is 37.1 Å². The highest BCUT2D eigenvalue weighted by atomic mass is 79.9. The third kappa shape index (κ3) is 5.23. The van der Waals surface area contributed by atoms with Gasteiger partial charge in [-0.2, -0.15) is 8.46 Å². The molecule has 1 aromatic rings. The van der Waals surface area contributed by atoms with Crippen LogP contribution in [0, 0.1) is 0 Å². The average Bonchev–Trinajstić information content (AvgIpc) is 2.45. The van der Waals surface area contributed by atoms with Gasteiger partial charge in [0.25, 0.3) is 0 Å². The summed E-state index contributed by atoms with van der Waals surface area (Å²) in [4.78, 5) is 15.3. The standard InChI is InChI=1S/C18H27Br2NOS/c1-13(2)14-11-17(21-8-6-5-7-9-21)15(10-16(14)19)18(22)12-23(3,4)20/h10-11,13H,5-9,12H2,1-4H3. The topological polar surface area (TPSA) is 20.3 Å². The van der Waals surface area contributed by atoms with E-state index in [1.807, 2.05) is 0 Å². The molecule has 0 aliphatic carbocycles. The molecule has 1 heterocycles. The zero-order chi connectivity index (χ0) is 17.2. The smallest absolute Gasteiger partial charge is 0.174 e. The van der Waals surface area contributed by atoms with Crippen LogP contribution in [0.25, 0.3) is 0 Å². The Hall–Kier alpha value is -0.000000000000000111. The summed E-state index contributed by atoms with van der Waals surface area (Å²) in [6.45, 7) is 6.52. The van der Waals surface area contributed by atoms with Gasteiger partial charge in [0.1, 0.15) is 0 Å². The molecule has 0 N–H and O–H groups in total. The van der Waals surface area contributed by atoms with Crippen molar-refractivity contribution < 1.29 is 4.79 Å². The van der Waals surface area contributed by atoms with E-state index in [1.165, 1.54) is 24.8 Å². The van der Waals surface area contributed by atoms with Crippen LogP contribution >= 0.6 is 39.2 Å². The number of carbonyl (C=O) groups is 1. The van der Waals surface area contributed by atoms with Gasteiger partial charge in [0.15, 0.2) is 5.78 Å². The van der Waals surface area contributed by atoms with Crippen LogP contribution in [0.1, 0.15) is 54.9 Å². The lowest BCUT2D eigenvalue weighted by atomic mass is 9.97. The highest BCUT2D eigenvalue weighted by Gasteiger charge is 2.23. The number of anilines is 1. The van der Waals surface area contributed by atoms with Crippen LogP contribution in [0.5, 0.6) is 0 Å². The van der Waals surface area contributed by atoms with Gasteiger partial charge in [0, 0.05) is 34.6 Å². The molecule has 5 heteroatoms. The summed E-state index contributed by atoms with van der Waals surface area (Å²) in [7, 11) is -1.03. The van der Waals surface area contributed by atoms with Gasteiger partial charge >= 0.3 is 0 Å². The van der Waals surface area contributed by atoms with Gasteiger partial charge in [0.2, 0.25) is 0 Å². The first kappa shape index (κ1) is 19.3. The normalized spacial score (nSPS) is 16.7. The first-order valence-corrected chi connectivity index (χ1v) is 13.5. The molecule has 0 amide bonds. The van der Waals surface area contributed by atoms with Gasteiger partial charge in [-0.05, 0) is 70.2 Å². The van der Waals surface area contributed by atoms with Crippen LogP contribution in [0.3, 0.4) is 0 Å². The molecule has 0 spiro atoms. The van der Waals surface area contributed by atoms with E-state index in [4.69, 9.17) is 0 Å². The summed E-state index contributed by atoms with van der Waals surface area (Å²) in [5.41, 5.74) is 3.30. The number of piperidine rings is 1. The summed E-state index contributed by atoms with van der Waals surface area (Å²) >= 11 is 7.37. The van der Waals surface area contributed by atoms with Crippen LogP contribution in [-0.2, 0) is 0 Å². The molecule has 0 unspecified atom stereocenters. The second kappa shape index (κ2) is 7.92. The second-order valence-corrected chi connectivity index (χ2v) is 16.3. The van der Waals surface area contributed by atoms with Gasteiger partial charge in [-0.25, -0.2) is 0 Å². The Morgan fingerprint density at radius 1 is 1.22 bits per heavy atom. The fourth-order valence-electron chi connectivity index (χ4n) is 3.03. The average molecular weight is 465 g/mol. The van der Waals surface area contributed by atoms with Crippen molar-refractivity contribution in [3.63, 3.8) is 0 Å². The number of nitrogens with zero attached hydrogens (tertiary/aromatic N) is 1. The first-order valence-electron chi connectivity index (χ1n) is 8.21. The van der Waals surface area contributed by atoms with Gasteiger partial charge in [-0.3, -0.25) is 4.79 Å². The van der Waals surface area contributed by atoms with Gasteiger partial charge in [0.05, 0.1) is 0 Å². The summed E-state index contributed by atoms with van der Waals surface area (Å²) in [5.74, 6) is 1.27. The molecule has 23 heavy (non-hydrogen) atoms. The van der Waals surface area contributed by atoms with E-state index in [9.17, 15) is 4.79 Å². The Balaban J connectivity index is 2.46. The van der Waals surface area contributed by atoms with E-state index in [0.717, 1.165) is 28.8 Å². The van der Waals surface area contributed by atoms with Crippen molar-refractivity contribution in [1.82, 2.24) is 0 Å². The van der Waals surface area contributed by atoms with Gasteiger partial charge in [-0.15, -0.1) is 0 Å². The maximum Gasteiger partial charge on any atom is 0.174 e. The Morgan fingerprint density at radius 3 is 2.35 bits per heavy atom. The molecule has 1 fully saturated rings. The van der Waals surface area contributed by atoms with E-state index < -0.39 is 8.46 Å². The van der Waals surface area contributed by atoms with Crippen LogP contribution in [0.2, 0.25) is 0 Å². The fraction of sp³-hybridized carbons (Fsp3) is 0.611. The zero-order valence-electron chi connectivity index (χ0n) is 14.5. The lowest BCUT2D eigenvalue weighted by Gasteiger charge is -2.32. The SMILES string of the molecule is CC(C)c1cc(N2CCCCC2)c(C(=O)CS(C)(C)Br)cc1Br. The predicted octanol–water partition coefficient (Wildman–Crippen LogP) is 6.12. The number of carbonyl (C=O) groups excluding carboxylic acids is 1. The molecule has 1 saturated heterocycles. The molecule has 0 saturated carbocycles. The number of ketones is 1. The number of halogens is 2. The van der Waals surface area contributed by atoms with Crippen molar-refractivity contribution in [2.75, 3.05) is 36.3 Å². The van der Waals surface area contributed by atoms with E-state index in [-0.39, 0.29) is 5.78 Å². The molecule has 1 aliphatic rings. The van der Waals surface area contributed by atoms with Crippen molar-refractivity contribution in [1.29, 1.82) is 0 Å². The maximum absolute atomic E-state index is 12.9. The van der Waals surface area contributed by atoms with E-state index in [1.54, 1.807) is 0 Å².